The summed E-state index contributed by atoms with van der Waals surface area (Å²) in [6.07, 6.45) is -2.43. The van der Waals surface area contributed by atoms with Gasteiger partial charge < -0.3 is 4.74 Å². The highest BCUT2D eigenvalue weighted by Gasteiger charge is 2.26. The van der Waals surface area contributed by atoms with E-state index in [1.54, 1.807) is 0 Å². The van der Waals surface area contributed by atoms with Gasteiger partial charge in [0.15, 0.2) is 0 Å². The highest BCUT2D eigenvalue weighted by molar-refractivity contribution is 6.30. The first-order valence-corrected chi connectivity index (χ1v) is 6.00. The van der Waals surface area contributed by atoms with E-state index in [0.717, 1.165) is 6.42 Å². The van der Waals surface area contributed by atoms with Crippen molar-refractivity contribution >= 4 is 11.6 Å². The lowest BCUT2D eigenvalue weighted by Gasteiger charge is -2.11. The van der Waals surface area contributed by atoms with Gasteiger partial charge in [-0.15, -0.1) is 0 Å². The molecule has 0 aliphatic carbocycles. The van der Waals surface area contributed by atoms with Crippen molar-refractivity contribution in [1.82, 2.24) is 9.97 Å². The molecule has 0 aromatic carbocycles. The SMILES string of the molecule is CCCc1c(Cl)ncnc1OCCCC(F)(F)F. The molecule has 0 atom stereocenters. The summed E-state index contributed by atoms with van der Waals surface area (Å²) in [5.74, 6) is 0.277. The minimum atomic E-state index is -4.15. The monoisotopic (exact) mass is 282 g/mol. The van der Waals surface area contributed by atoms with Crippen molar-refractivity contribution in [2.24, 2.45) is 0 Å². The smallest absolute Gasteiger partial charge is 0.389 e. The van der Waals surface area contributed by atoms with E-state index in [4.69, 9.17) is 16.3 Å². The molecule has 1 heterocycles. The van der Waals surface area contributed by atoms with Gasteiger partial charge in [0.05, 0.1) is 12.2 Å². The van der Waals surface area contributed by atoms with Gasteiger partial charge in [0.2, 0.25) is 5.88 Å². The molecule has 1 aromatic heterocycles. The second kappa shape index (κ2) is 6.78. The maximum absolute atomic E-state index is 11.9. The molecule has 0 fully saturated rings. The molecule has 1 rings (SSSR count). The maximum atomic E-state index is 11.9. The Balaban J connectivity index is 2.54. The second-order valence-corrected chi connectivity index (χ2v) is 4.12. The number of nitrogens with zero attached hydrogens (tertiary/aromatic N) is 2. The lowest BCUT2D eigenvalue weighted by Crippen LogP contribution is -2.11. The highest BCUT2D eigenvalue weighted by Crippen LogP contribution is 2.25. The molecule has 0 saturated heterocycles. The molecule has 7 heteroatoms. The first-order valence-electron chi connectivity index (χ1n) is 5.63. The molecule has 3 nitrogen and oxygen atoms in total. The van der Waals surface area contributed by atoms with Crippen molar-refractivity contribution in [3.8, 4) is 5.88 Å². The van der Waals surface area contributed by atoms with Crippen LogP contribution in [-0.4, -0.2) is 22.8 Å². The summed E-state index contributed by atoms with van der Waals surface area (Å²) in [4.78, 5) is 7.71. The van der Waals surface area contributed by atoms with Gasteiger partial charge in [0.1, 0.15) is 11.5 Å². The van der Waals surface area contributed by atoms with Gasteiger partial charge in [-0.25, -0.2) is 9.97 Å². The minimum Gasteiger partial charge on any atom is -0.477 e. The van der Waals surface area contributed by atoms with Crippen LogP contribution in [0.25, 0.3) is 0 Å². The van der Waals surface area contributed by atoms with Gasteiger partial charge in [-0.2, -0.15) is 13.2 Å². The van der Waals surface area contributed by atoms with E-state index in [-0.39, 0.29) is 24.1 Å². The predicted molar refractivity (Wildman–Crippen MR) is 61.8 cm³/mol. The molecule has 0 spiro atoms. The van der Waals surface area contributed by atoms with E-state index >= 15 is 0 Å². The van der Waals surface area contributed by atoms with E-state index in [9.17, 15) is 13.2 Å². The fourth-order valence-electron chi connectivity index (χ4n) is 1.40. The van der Waals surface area contributed by atoms with Gasteiger partial charge in [-0.3, -0.25) is 0 Å². The lowest BCUT2D eigenvalue weighted by molar-refractivity contribution is -0.136. The zero-order valence-electron chi connectivity index (χ0n) is 9.93. The van der Waals surface area contributed by atoms with Crippen LogP contribution in [0.4, 0.5) is 13.2 Å². The van der Waals surface area contributed by atoms with E-state index in [1.807, 2.05) is 6.92 Å². The molecular formula is C11H14ClF3N2O. The van der Waals surface area contributed by atoms with Crippen LogP contribution in [0.2, 0.25) is 5.15 Å². The van der Waals surface area contributed by atoms with Crippen LogP contribution < -0.4 is 4.74 Å². The van der Waals surface area contributed by atoms with Gasteiger partial charge >= 0.3 is 6.18 Å². The summed E-state index contributed by atoms with van der Waals surface area (Å²) in [5, 5.41) is 0.290. The number of hydrogen-bond acceptors (Lipinski definition) is 3. The third-order valence-corrected chi connectivity index (χ3v) is 2.52. The van der Waals surface area contributed by atoms with E-state index < -0.39 is 12.6 Å². The Morgan fingerprint density at radius 2 is 2.06 bits per heavy atom. The molecule has 0 bridgehead atoms. The molecule has 1 aromatic rings. The summed E-state index contributed by atoms with van der Waals surface area (Å²) < 4.78 is 41.1. The van der Waals surface area contributed by atoms with Crippen molar-refractivity contribution in [1.29, 1.82) is 0 Å². The molecule has 102 valence electrons. The number of hydrogen-bond donors (Lipinski definition) is 0. The van der Waals surface area contributed by atoms with Crippen molar-refractivity contribution in [3.63, 3.8) is 0 Å². The van der Waals surface area contributed by atoms with Crippen LogP contribution in [0.15, 0.2) is 6.33 Å². The third-order valence-electron chi connectivity index (χ3n) is 2.20. The van der Waals surface area contributed by atoms with E-state index in [0.29, 0.717) is 12.0 Å². The number of rotatable bonds is 6. The molecule has 0 radical (unpaired) electrons. The largest absolute Gasteiger partial charge is 0.477 e. The quantitative estimate of drug-likeness (QED) is 0.588. The summed E-state index contributed by atoms with van der Waals surface area (Å²) in [5.41, 5.74) is 0.647. The Kier molecular flexibility index (Phi) is 5.65. The zero-order valence-corrected chi connectivity index (χ0v) is 10.7. The molecule has 18 heavy (non-hydrogen) atoms. The summed E-state index contributed by atoms with van der Waals surface area (Å²) in [7, 11) is 0. The second-order valence-electron chi connectivity index (χ2n) is 3.77. The van der Waals surface area contributed by atoms with E-state index in [1.165, 1.54) is 6.33 Å². The Bertz CT molecular complexity index is 385. The summed E-state index contributed by atoms with van der Waals surface area (Å²) >= 11 is 5.88. The standard InChI is InChI=1S/C11H14ClF3N2O/c1-2-4-8-9(12)16-7-17-10(8)18-6-3-5-11(13,14)15/h7H,2-6H2,1H3. The van der Waals surface area contributed by atoms with Crippen molar-refractivity contribution in [2.75, 3.05) is 6.61 Å². The Hall–Kier alpha value is -1.04. The summed E-state index contributed by atoms with van der Waals surface area (Å²) in [6.45, 7) is 1.92. The summed E-state index contributed by atoms with van der Waals surface area (Å²) in [6, 6.07) is 0. The first-order chi connectivity index (χ1) is 8.44. The molecule has 0 aliphatic rings. The molecular weight excluding hydrogens is 269 g/mol. The number of halogens is 4. The van der Waals surface area contributed by atoms with Gasteiger partial charge in [-0.05, 0) is 12.8 Å². The Morgan fingerprint density at radius 1 is 1.33 bits per heavy atom. The first kappa shape index (κ1) is 15.0. The number of alkyl halides is 3. The average Bonchev–Trinajstić information content (AvgIpc) is 2.27. The molecule has 0 unspecified atom stereocenters. The molecule has 0 N–H and O–H groups in total. The highest BCUT2D eigenvalue weighted by atomic mass is 35.5. The van der Waals surface area contributed by atoms with Crippen molar-refractivity contribution in [3.05, 3.63) is 17.0 Å². The minimum absolute atomic E-state index is 0.0381. The third kappa shape index (κ3) is 5.08. The normalized spacial score (nSPS) is 11.6. The maximum Gasteiger partial charge on any atom is 0.389 e. The van der Waals surface area contributed by atoms with Crippen LogP contribution in [0, 0.1) is 0 Å². The Morgan fingerprint density at radius 3 is 2.67 bits per heavy atom. The average molecular weight is 283 g/mol. The van der Waals surface area contributed by atoms with Crippen LogP contribution in [-0.2, 0) is 6.42 Å². The predicted octanol–water partition coefficient (Wildman–Crippen LogP) is 3.80. The number of ether oxygens (including phenoxy) is 1. The molecule has 0 saturated carbocycles. The Labute approximate surface area is 108 Å². The lowest BCUT2D eigenvalue weighted by atomic mass is 10.2. The molecule has 0 amide bonds. The van der Waals surface area contributed by atoms with Gasteiger partial charge in [0.25, 0.3) is 0 Å². The fraction of sp³-hybridized carbons (Fsp3) is 0.636. The topological polar surface area (TPSA) is 35.0 Å². The fourth-order valence-corrected chi connectivity index (χ4v) is 1.62. The van der Waals surface area contributed by atoms with Crippen molar-refractivity contribution < 1.29 is 17.9 Å². The van der Waals surface area contributed by atoms with Crippen molar-refractivity contribution in [2.45, 2.75) is 38.8 Å². The van der Waals surface area contributed by atoms with Crippen LogP contribution >= 0.6 is 11.6 Å². The molecule has 0 aliphatic heterocycles. The van der Waals surface area contributed by atoms with Crippen LogP contribution in [0.5, 0.6) is 5.88 Å². The van der Waals surface area contributed by atoms with Gasteiger partial charge in [0, 0.05) is 6.42 Å². The van der Waals surface area contributed by atoms with E-state index in [2.05, 4.69) is 9.97 Å². The van der Waals surface area contributed by atoms with Crippen LogP contribution in [0.1, 0.15) is 31.7 Å². The van der Waals surface area contributed by atoms with Gasteiger partial charge in [-0.1, -0.05) is 24.9 Å². The number of aromatic nitrogens is 2. The zero-order chi connectivity index (χ0) is 13.6. The van der Waals surface area contributed by atoms with Crippen LogP contribution in [0.3, 0.4) is 0 Å².